The van der Waals surface area contributed by atoms with Crippen LogP contribution < -0.4 is 72.4 Å². The zero-order chi connectivity index (χ0) is 28.5. The van der Waals surface area contributed by atoms with Crippen LogP contribution in [0, 0.1) is 5.82 Å². The van der Waals surface area contributed by atoms with Gasteiger partial charge < -0.3 is 14.2 Å². The van der Waals surface area contributed by atoms with E-state index >= 15 is 0 Å². The Morgan fingerprint density at radius 3 is 2.48 bits per heavy atom. The number of benzene rings is 3. The van der Waals surface area contributed by atoms with Crippen molar-refractivity contribution in [2.75, 3.05) is 7.11 Å². The van der Waals surface area contributed by atoms with Crippen LogP contribution in [0.4, 0.5) is 4.39 Å². The largest absolute Gasteiger partial charge is 1.00 e. The Kier molecular flexibility index (Phi) is 8.99. The smallest absolute Gasteiger partial charge is 0.494 e. The summed E-state index contributed by atoms with van der Waals surface area (Å²) >= 11 is 0. The predicted molar refractivity (Wildman–Crippen MR) is 149 cm³/mol. The fourth-order valence-electron chi connectivity index (χ4n) is 5.00. The molecule has 0 aliphatic rings. The fourth-order valence-corrected chi connectivity index (χ4v) is 5.00. The van der Waals surface area contributed by atoms with Crippen molar-refractivity contribution in [3.63, 3.8) is 0 Å². The van der Waals surface area contributed by atoms with Gasteiger partial charge in [0.25, 0.3) is 5.56 Å². The minimum Gasteiger partial charge on any atom is -0.494 e. The molecule has 0 N–H and O–H groups in total. The number of nitrogens with zero attached hydrogens (tertiary/aromatic N) is 6. The number of ether oxygens (including phenoxy) is 1. The molecule has 42 heavy (non-hydrogen) atoms. The summed E-state index contributed by atoms with van der Waals surface area (Å²) in [5.74, 6) is -0.695. The van der Waals surface area contributed by atoms with Gasteiger partial charge in [0.1, 0.15) is 6.33 Å². The molecule has 0 bridgehead atoms. The minimum absolute atomic E-state index is 0. The fraction of sp³-hybridized carbons (Fsp3) is 0.167. The van der Waals surface area contributed by atoms with E-state index in [0.29, 0.717) is 35.4 Å². The molecular weight excluding hydrogens is 566 g/mol. The summed E-state index contributed by atoms with van der Waals surface area (Å²) in [4.78, 5) is 33.7. The van der Waals surface area contributed by atoms with Crippen molar-refractivity contribution in [3.8, 4) is 34.0 Å². The molecule has 0 amide bonds. The van der Waals surface area contributed by atoms with Crippen LogP contribution in [0.25, 0.3) is 34.0 Å². The van der Waals surface area contributed by atoms with Gasteiger partial charge in [0, 0.05) is 18.1 Å². The summed E-state index contributed by atoms with van der Waals surface area (Å²) in [5.41, 5.74) is 4.80. The molecule has 0 aliphatic carbocycles. The van der Waals surface area contributed by atoms with Crippen LogP contribution >= 0.6 is 0 Å². The molecule has 3 aromatic heterocycles. The summed E-state index contributed by atoms with van der Waals surface area (Å²) in [5, 5.41) is 8.19. The maximum atomic E-state index is 14.2. The average Bonchev–Trinajstić information content (AvgIpc) is 3.65. The Morgan fingerprint density at radius 1 is 1.02 bits per heavy atom. The topological polar surface area (TPSA) is 119 Å². The third-order valence-corrected chi connectivity index (χ3v) is 6.90. The van der Waals surface area contributed by atoms with Gasteiger partial charge in [-0.05, 0) is 46.6 Å². The average molecular weight is 591 g/mol. The van der Waals surface area contributed by atoms with Crippen LogP contribution in [-0.2, 0) is 12.8 Å². The van der Waals surface area contributed by atoms with Gasteiger partial charge in [0.05, 0.1) is 18.5 Å². The van der Waals surface area contributed by atoms with Gasteiger partial charge in [0.2, 0.25) is 5.78 Å². The third-order valence-electron chi connectivity index (χ3n) is 6.90. The standard InChI is InChI=1S/C30H25FN6O4.K/c1-3-6-25-23(28(38)36(29-32-17-33-37(25)29)20-13-14-24(31)26(16-20)40-2)15-18-9-11-19(12-10-18)21-7-4-5-8-22(21)27-34-30(39)41-35-27;/h4-5,7-14,16-17H,3,6,15H2,1-2H3,(H,34,35,39);/q;+1/p-1. The first-order chi connectivity index (χ1) is 20.0. The maximum Gasteiger partial charge on any atom is 1.00 e. The summed E-state index contributed by atoms with van der Waals surface area (Å²) in [6.45, 7) is 2.04. The van der Waals surface area contributed by atoms with E-state index in [1.807, 2.05) is 55.5 Å². The second-order valence-corrected chi connectivity index (χ2v) is 9.41. The number of fused-ring (bicyclic) bond motifs is 1. The number of halogens is 1. The normalized spacial score (nSPS) is 11.0. The van der Waals surface area contributed by atoms with E-state index in [0.717, 1.165) is 28.8 Å². The van der Waals surface area contributed by atoms with Crippen molar-refractivity contribution in [3.05, 3.63) is 117 Å². The second-order valence-electron chi connectivity index (χ2n) is 9.41. The molecule has 0 atom stereocenters. The van der Waals surface area contributed by atoms with Crippen molar-refractivity contribution in [2.45, 2.75) is 26.2 Å². The van der Waals surface area contributed by atoms with Gasteiger partial charge in [-0.1, -0.05) is 61.9 Å². The zero-order valence-electron chi connectivity index (χ0n) is 23.2. The molecule has 12 heteroatoms. The molecule has 206 valence electrons. The molecular formula is C30H24FKN6O4. The van der Waals surface area contributed by atoms with Gasteiger partial charge in [-0.25, -0.2) is 18.3 Å². The van der Waals surface area contributed by atoms with Crippen molar-refractivity contribution in [2.24, 2.45) is 0 Å². The first kappa shape index (κ1) is 29.8. The molecule has 0 saturated carbocycles. The number of aryl methyl sites for hydroxylation is 1. The molecule has 3 aromatic carbocycles. The van der Waals surface area contributed by atoms with Crippen molar-refractivity contribution in [1.29, 1.82) is 0 Å². The van der Waals surface area contributed by atoms with E-state index in [4.69, 9.17) is 4.74 Å². The van der Waals surface area contributed by atoms with Crippen molar-refractivity contribution in [1.82, 2.24) is 29.3 Å². The molecule has 0 aliphatic heterocycles. The van der Waals surface area contributed by atoms with E-state index in [1.54, 1.807) is 4.52 Å². The summed E-state index contributed by atoms with van der Waals surface area (Å²) in [6, 6.07) is 19.5. The van der Waals surface area contributed by atoms with Gasteiger partial charge >= 0.3 is 57.1 Å². The zero-order valence-corrected chi connectivity index (χ0v) is 26.4. The number of methoxy groups -OCH3 is 1. The van der Waals surface area contributed by atoms with Crippen LogP contribution in [0.5, 0.6) is 5.75 Å². The van der Waals surface area contributed by atoms with E-state index in [9.17, 15) is 14.0 Å². The molecule has 0 radical (unpaired) electrons. The molecule has 3 heterocycles. The molecule has 0 unspecified atom stereocenters. The van der Waals surface area contributed by atoms with Crippen molar-refractivity contribution >= 4 is 5.78 Å². The Hall–Kier alpha value is -3.68. The van der Waals surface area contributed by atoms with Crippen molar-refractivity contribution < 1.29 is 65.0 Å². The SMILES string of the molecule is CCCc1c(Cc2ccc(-c3ccccc3-c3noc(=O)[n-]3)cc2)c(=O)n(-c2ccc(F)c(OC)c2)c2ncnn12.[K+]. The monoisotopic (exact) mass is 590 g/mol. The number of rotatable bonds is 8. The van der Waals surface area contributed by atoms with Crippen LogP contribution in [-0.4, -0.2) is 31.4 Å². The van der Waals surface area contributed by atoms with E-state index in [2.05, 4.69) is 24.7 Å². The van der Waals surface area contributed by atoms with Gasteiger partial charge in [0.15, 0.2) is 11.6 Å². The molecule has 10 nitrogen and oxygen atoms in total. The molecule has 6 aromatic rings. The Labute approximate surface area is 281 Å². The number of aromatic nitrogens is 6. The molecule has 0 saturated heterocycles. The first-order valence-electron chi connectivity index (χ1n) is 13.0. The second kappa shape index (κ2) is 12.7. The quantitative estimate of drug-likeness (QED) is 0.243. The van der Waals surface area contributed by atoms with Gasteiger partial charge in [-0.15, -0.1) is 0 Å². The Morgan fingerprint density at radius 2 is 1.79 bits per heavy atom. The van der Waals surface area contributed by atoms with E-state index < -0.39 is 11.6 Å². The van der Waals surface area contributed by atoms with E-state index in [1.165, 1.54) is 36.2 Å². The van der Waals surface area contributed by atoms with Crippen LogP contribution in [0.1, 0.15) is 30.2 Å². The minimum atomic E-state index is -0.748. The Balaban J connectivity index is 0.00000353. The summed E-state index contributed by atoms with van der Waals surface area (Å²) in [6.07, 6.45) is 3.16. The van der Waals surface area contributed by atoms with Gasteiger partial charge in [-0.2, -0.15) is 10.1 Å². The predicted octanol–water partition coefficient (Wildman–Crippen LogP) is 1.21. The molecule has 6 rings (SSSR count). The van der Waals surface area contributed by atoms with Crippen LogP contribution in [0.3, 0.4) is 0 Å². The van der Waals surface area contributed by atoms with Crippen LogP contribution in [0.15, 0.2) is 87.2 Å². The third kappa shape index (κ3) is 5.55. The molecule has 0 fully saturated rings. The number of hydrogen-bond acceptors (Lipinski definition) is 7. The first-order valence-corrected chi connectivity index (χ1v) is 13.0. The molecule has 0 spiro atoms. The maximum absolute atomic E-state index is 14.2. The summed E-state index contributed by atoms with van der Waals surface area (Å²) in [7, 11) is 1.37. The van der Waals surface area contributed by atoms with E-state index in [-0.39, 0.29) is 68.5 Å². The van der Waals surface area contributed by atoms with Crippen LogP contribution in [0.2, 0.25) is 0 Å². The number of hydrogen-bond donors (Lipinski definition) is 0. The van der Waals surface area contributed by atoms with Gasteiger partial charge in [-0.3, -0.25) is 9.95 Å². The Bertz CT molecular complexity index is 1990. The summed E-state index contributed by atoms with van der Waals surface area (Å²) < 4.78 is 27.1.